The van der Waals surface area contributed by atoms with Crippen molar-refractivity contribution in [1.82, 2.24) is 10.2 Å². The maximum Gasteiger partial charge on any atom is 0.0558 e. The molecule has 0 radical (unpaired) electrons. The molecule has 0 saturated carbocycles. The summed E-state index contributed by atoms with van der Waals surface area (Å²) in [5.74, 6) is 0. The third kappa shape index (κ3) is 3.69. The molecule has 0 amide bonds. The van der Waals surface area contributed by atoms with Crippen LogP contribution < -0.4 is 10.2 Å². The van der Waals surface area contributed by atoms with Gasteiger partial charge in [0, 0.05) is 45.0 Å². The molecule has 1 aromatic rings. The number of piperazine rings is 1. The van der Waals surface area contributed by atoms with Gasteiger partial charge in [0.2, 0.25) is 0 Å². The highest BCUT2D eigenvalue weighted by Gasteiger charge is 2.18. The van der Waals surface area contributed by atoms with Crippen LogP contribution in [0.3, 0.4) is 0 Å². The Balaban J connectivity index is 2.06. The van der Waals surface area contributed by atoms with E-state index in [1.807, 2.05) is 7.05 Å². The Bertz CT molecular complexity index is 400. The molecule has 0 atom stereocenters. The SMILES string of the molecule is CNCc1cc(C)ccc1N1CCN(CCO)CC1. The van der Waals surface area contributed by atoms with Crippen molar-refractivity contribution in [2.24, 2.45) is 0 Å². The molecule has 1 fully saturated rings. The standard InChI is InChI=1S/C15H25N3O/c1-13-3-4-15(14(11-13)12-16-2)18-7-5-17(6-8-18)9-10-19/h3-4,11,16,19H,5-10,12H2,1-2H3. The molecule has 1 heterocycles. The first kappa shape index (κ1) is 14.3. The van der Waals surface area contributed by atoms with E-state index in [9.17, 15) is 0 Å². The van der Waals surface area contributed by atoms with Crippen molar-refractivity contribution in [1.29, 1.82) is 0 Å². The van der Waals surface area contributed by atoms with Crippen LogP contribution in [0, 0.1) is 6.92 Å². The van der Waals surface area contributed by atoms with Crippen LogP contribution in [0.25, 0.3) is 0 Å². The Morgan fingerprint density at radius 1 is 1.21 bits per heavy atom. The highest BCUT2D eigenvalue weighted by atomic mass is 16.3. The summed E-state index contributed by atoms with van der Waals surface area (Å²) >= 11 is 0. The van der Waals surface area contributed by atoms with E-state index in [1.165, 1.54) is 16.8 Å². The molecule has 4 heteroatoms. The van der Waals surface area contributed by atoms with Crippen LogP contribution in [0.15, 0.2) is 18.2 Å². The number of aliphatic hydroxyl groups is 1. The van der Waals surface area contributed by atoms with Crippen molar-refractivity contribution in [2.45, 2.75) is 13.5 Å². The molecule has 1 aliphatic rings. The fourth-order valence-corrected chi connectivity index (χ4v) is 2.71. The van der Waals surface area contributed by atoms with Crippen molar-refractivity contribution in [2.75, 3.05) is 51.3 Å². The third-order valence-corrected chi connectivity index (χ3v) is 3.73. The first-order chi connectivity index (χ1) is 9.24. The summed E-state index contributed by atoms with van der Waals surface area (Å²) in [4.78, 5) is 4.78. The predicted octanol–water partition coefficient (Wildman–Crippen LogP) is 0.829. The van der Waals surface area contributed by atoms with E-state index < -0.39 is 0 Å². The number of benzene rings is 1. The van der Waals surface area contributed by atoms with E-state index in [4.69, 9.17) is 5.11 Å². The summed E-state index contributed by atoms with van der Waals surface area (Å²) in [5.41, 5.74) is 4.04. The van der Waals surface area contributed by atoms with Gasteiger partial charge in [-0.2, -0.15) is 0 Å². The summed E-state index contributed by atoms with van der Waals surface area (Å²) in [6.45, 7) is 8.26. The Labute approximate surface area is 116 Å². The zero-order valence-corrected chi connectivity index (χ0v) is 12.0. The number of aliphatic hydroxyl groups excluding tert-OH is 1. The lowest BCUT2D eigenvalue weighted by Crippen LogP contribution is -2.47. The van der Waals surface area contributed by atoms with Crippen molar-refractivity contribution in [3.05, 3.63) is 29.3 Å². The van der Waals surface area contributed by atoms with E-state index in [1.54, 1.807) is 0 Å². The highest BCUT2D eigenvalue weighted by Crippen LogP contribution is 2.23. The Morgan fingerprint density at radius 3 is 2.58 bits per heavy atom. The lowest BCUT2D eigenvalue weighted by molar-refractivity contribution is 0.188. The Kier molecular flexibility index (Phi) is 5.19. The van der Waals surface area contributed by atoms with Crippen LogP contribution in [0.4, 0.5) is 5.69 Å². The molecule has 1 aromatic carbocycles. The molecular formula is C15H25N3O. The number of anilines is 1. The number of aryl methyl sites for hydroxylation is 1. The molecule has 2 rings (SSSR count). The average Bonchev–Trinajstić information content (AvgIpc) is 2.41. The van der Waals surface area contributed by atoms with Crippen LogP contribution in [-0.4, -0.2) is 56.4 Å². The fraction of sp³-hybridized carbons (Fsp3) is 0.600. The molecular weight excluding hydrogens is 238 g/mol. The second-order valence-electron chi connectivity index (χ2n) is 5.21. The largest absolute Gasteiger partial charge is 0.395 e. The van der Waals surface area contributed by atoms with Gasteiger partial charge in [0.1, 0.15) is 0 Å². The molecule has 0 spiro atoms. The number of nitrogens with one attached hydrogen (secondary N) is 1. The number of β-amino-alcohol motifs (C(OH)–C–C–N with tert-alkyl or cyclic N) is 1. The molecule has 0 aliphatic carbocycles. The van der Waals surface area contributed by atoms with Crippen molar-refractivity contribution >= 4 is 5.69 Å². The van der Waals surface area contributed by atoms with Gasteiger partial charge in [0.15, 0.2) is 0 Å². The van der Waals surface area contributed by atoms with Crippen LogP contribution in [-0.2, 0) is 6.54 Å². The molecule has 0 unspecified atom stereocenters. The van der Waals surface area contributed by atoms with Crippen LogP contribution in [0.5, 0.6) is 0 Å². The highest BCUT2D eigenvalue weighted by molar-refractivity contribution is 5.55. The second-order valence-corrected chi connectivity index (χ2v) is 5.21. The molecule has 2 N–H and O–H groups in total. The van der Waals surface area contributed by atoms with Crippen LogP contribution in [0.2, 0.25) is 0 Å². The van der Waals surface area contributed by atoms with E-state index in [0.29, 0.717) is 0 Å². The summed E-state index contributed by atoms with van der Waals surface area (Å²) in [6, 6.07) is 6.70. The predicted molar refractivity (Wildman–Crippen MR) is 79.7 cm³/mol. The van der Waals surface area contributed by atoms with Crippen molar-refractivity contribution in [3.63, 3.8) is 0 Å². The van der Waals surface area contributed by atoms with Gasteiger partial charge in [-0.25, -0.2) is 0 Å². The molecule has 106 valence electrons. The van der Waals surface area contributed by atoms with Gasteiger partial charge in [-0.1, -0.05) is 17.7 Å². The van der Waals surface area contributed by atoms with Gasteiger partial charge in [-0.3, -0.25) is 4.90 Å². The van der Waals surface area contributed by atoms with Gasteiger partial charge < -0.3 is 15.3 Å². The van der Waals surface area contributed by atoms with E-state index in [0.717, 1.165) is 39.3 Å². The minimum absolute atomic E-state index is 0.259. The summed E-state index contributed by atoms with van der Waals surface area (Å²) < 4.78 is 0. The van der Waals surface area contributed by atoms with E-state index >= 15 is 0 Å². The van der Waals surface area contributed by atoms with Crippen LogP contribution in [0.1, 0.15) is 11.1 Å². The van der Waals surface area contributed by atoms with E-state index in [-0.39, 0.29) is 6.61 Å². The lowest BCUT2D eigenvalue weighted by atomic mass is 10.1. The first-order valence-electron chi connectivity index (χ1n) is 7.07. The minimum atomic E-state index is 0.259. The number of nitrogens with zero attached hydrogens (tertiary/aromatic N) is 2. The maximum atomic E-state index is 8.98. The van der Waals surface area contributed by atoms with Gasteiger partial charge in [-0.05, 0) is 25.6 Å². The summed E-state index contributed by atoms with van der Waals surface area (Å²) in [6.07, 6.45) is 0. The fourth-order valence-electron chi connectivity index (χ4n) is 2.71. The maximum absolute atomic E-state index is 8.98. The molecule has 0 bridgehead atoms. The Morgan fingerprint density at radius 2 is 1.95 bits per heavy atom. The molecule has 0 aromatic heterocycles. The van der Waals surface area contributed by atoms with Gasteiger partial charge >= 0.3 is 0 Å². The van der Waals surface area contributed by atoms with E-state index in [2.05, 4.69) is 40.2 Å². The normalized spacial score (nSPS) is 16.9. The first-order valence-corrected chi connectivity index (χ1v) is 7.07. The molecule has 4 nitrogen and oxygen atoms in total. The summed E-state index contributed by atoms with van der Waals surface area (Å²) in [5, 5.41) is 12.2. The summed E-state index contributed by atoms with van der Waals surface area (Å²) in [7, 11) is 1.99. The Hall–Kier alpha value is -1.10. The smallest absolute Gasteiger partial charge is 0.0558 e. The zero-order valence-electron chi connectivity index (χ0n) is 12.0. The van der Waals surface area contributed by atoms with Gasteiger partial charge in [-0.15, -0.1) is 0 Å². The monoisotopic (exact) mass is 263 g/mol. The second kappa shape index (κ2) is 6.89. The van der Waals surface area contributed by atoms with Gasteiger partial charge in [0.25, 0.3) is 0 Å². The third-order valence-electron chi connectivity index (χ3n) is 3.73. The number of rotatable bonds is 5. The topological polar surface area (TPSA) is 38.7 Å². The van der Waals surface area contributed by atoms with Gasteiger partial charge in [0.05, 0.1) is 6.61 Å². The lowest BCUT2D eigenvalue weighted by Gasteiger charge is -2.36. The minimum Gasteiger partial charge on any atom is -0.395 e. The molecule has 1 aliphatic heterocycles. The molecule has 19 heavy (non-hydrogen) atoms. The average molecular weight is 263 g/mol. The van der Waals surface area contributed by atoms with Crippen LogP contribution >= 0.6 is 0 Å². The zero-order chi connectivity index (χ0) is 13.7. The number of hydrogen-bond donors (Lipinski definition) is 2. The van der Waals surface area contributed by atoms with Crippen molar-refractivity contribution < 1.29 is 5.11 Å². The molecule has 1 saturated heterocycles. The van der Waals surface area contributed by atoms with Crippen molar-refractivity contribution in [3.8, 4) is 0 Å². The quantitative estimate of drug-likeness (QED) is 0.825. The number of hydrogen-bond acceptors (Lipinski definition) is 4.